The summed E-state index contributed by atoms with van der Waals surface area (Å²) >= 11 is 0. The molecule has 0 heterocycles. The third-order valence-electron chi connectivity index (χ3n) is 3.13. The number of halogens is 4. The van der Waals surface area contributed by atoms with Gasteiger partial charge in [-0.2, -0.15) is 13.2 Å². The van der Waals surface area contributed by atoms with Crippen molar-refractivity contribution in [3.05, 3.63) is 35.1 Å². The van der Waals surface area contributed by atoms with Crippen molar-refractivity contribution in [1.82, 2.24) is 5.32 Å². The molecule has 0 bridgehead atoms. The van der Waals surface area contributed by atoms with Crippen LogP contribution in [0.4, 0.5) is 17.6 Å². The molecule has 21 heavy (non-hydrogen) atoms. The first-order chi connectivity index (χ1) is 9.70. The van der Waals surface area contributed by atoms with E-state index in [1.54, 1.807) is 6.92 Å². The summed E-state index contributed by atoms with van der Waals surface area (Å²) in [6, 6.07) is 0.708. The topological polar surface area (TPSA) is 38.3 Å². The fourth-order valence-corrected chi connectivity index (χ4v) is 1.83. The summed E-state index contributed by atoms with van der Waals surface area (Å²) in [6.07, 6.45) is -4.16. The molecule has 0 radical (unpaired) electrons. The minimum absolute atomic E-state index is 0.208. The van der Waals surface area contributed by atoms with Crippen LogP contribution < -0.4 is 5.32 Å². The maximum Gasteiger partial charge on any atom is 0.416 e. The van der Waals surface area contributed by atoms with Gasteiger partial charge in [-0.25, -0.2) is 9.18 Å². The molecule has 0 aromatic heterocycles. The number of esters is 1. The molecule has 0 saturated carbocycles. The van der Waals surface area contributed by atoms with E-state index in [-0.39, 0.29) is 11.6 Å². The number of alkyl halides is 3. The lowest BCUT2D eigenvalue weighted by atomic mass is 9.98. The van der Waals surface area contributed by atoms with Crippen LogP contribution in [0, 0.1) is 5.82 Å². The summed E-state index contributed by atoms with van der Waals surface area (Å²) in [5.74, 6) is -1.87. The molecule has 0 aliphatic rings. The zero-order valence-corrected chi connectivity index (χ0v) is 11.9. The quantitative estimate of drug-likeness (QED) is 0.669. The van der Waals surface area contributed by atoms with Gasteiger partial charge in [0.2, 0.25) is 0 Å². The zero-order chi connectivity index (χ0) is 16.2. The highest BCUT2D eigenvalue weighted by molar-refractivity contribution is 5.78. The van der Waals surface area contributed by atoms with Gasteiger partial charge in [0.25, 0.3) is 0 Å². The van der Waals surface area contributed by atoms with Crippen molar-refractivity contribution in [3.8, 4) is 0 Å². The SMILES string of the molecule is CCC(C)NC(C(=O)OC)c1ccc(F)cc1C(F)(F)F. The van der Waals surface area contributed by atoms with E-state index >= 15 is 0 Å². The second-order valence-corrected chi connectivity index (χ2v) is 4.66. The van der Waals surface area contributed by atoms with Crippen molar-refractivity contribution in [2.24, 2.45) is 0 Å². The highest BCUT2D eigenvalue weighted by Gasteiger charge is 2.38. The molecule has 0 aliphatic carbocycles. The van der Waals surface area contributed by atoms with E-state index in [2.05, 4.69) is 10.1 Å². The summed E-state index contributed by atoms with van der Waals surface area (Å²) in [6.45, 7) is 3.55. The average Bonchev–Trinajstić information content (AvgIpc) is 2.43. The van der Waals surface area contributed by atoms with Crippen molar-refractivity contribution in [2.45, 2.75) is 38.5 Å². The second kappa shape index (κ2) is 6.89. The summed E-state index contributed by atoms with van der Waals surface area (Å²) in [5.41, 5.74) is -1.54. The van der Waals surface area contributed by atoms with Gasteiger partial charge < -0.3 is 4.74 Å². The van der Waals surface area contributed by atoms with Gasteiger partial charge in [-0.3, -0.25) is 5.32 Å². The molecule has 118 valence electrons. The molecule has 1 N–H and O–H groups in total. The monoisotopic (exact) mass is 307 g/mol. The Morgan fingerprint density at radius 3 is 2.48 bits per heavy atom. The van der Waals surface area contributed by atoms with Crippen molar-refractivity contribution in [3.63, 3.8) is 0 Å². The van der Waals surface area contributed by atoms with Gasteiger partial charge in [0.15, 0.2) is 0 Å². The van der Waals surface area contributed by atoms with Crippen molar-refractivity contribution >= 4 is 5.97 Å². The minimum Gasteiger partial charge on any atom is -0.468 e. The van der Waals surface area contributed by atoms with E-state index < -0.39 is 29.6 Å². The molecule has 1 aromatic rings. The first kappa shape index (κ1) is 17.4. The largest absolute Gasteiger partial charge is 0.468 e. The van der Waals surface area contributed by atoms with E-state index in [4.69, 9.17) is 0 Å². The average molecular weight is 307 g/mol. The number of carbonyl (C=O) groups excluding carboxylic acids is 1. The minimum atomic E-state index is -4.76. The molecule has 1 rings (SSSR count). The molecule has 2 unspecified atom stereocenters. The number of carbonyl (C=O) groups is 1. The molecule has 0 amide bonds. The fraction of sp³-hybridized carbons (Fsp3) is 0.500. The lowest BCUT2D eigenvalue weighted by Gasteiger charge is -2.24. The third-order valence-corrected chi connectivity index (χ3v) is 3.13. The maximum absolute atomic E-state index is 13.1. The molecule has 1 aromatic carbocycles. The molecular weight excluding hydrogens is 290 g/mol. The number of hydrogen-bond donors (Lipinski definition) is 1. The Labute approximate surface area is 120 Å². The van der Waals surface area contributed by atoms with Crippen molar-refractivity contribution < 1.29 is 27.1 Å². The van der Waals surface area contributed by atoms with Crippen LogP contribution in [-0.4, -0.2) is 19.1 Å². The Morgan fingerprint density at radius 1 is 1.38 bits per heavy atom. The van der Waals surface area contributed by atoms with E-state index in [9.17, 15) is 22.4 Å². The fourth-order valence-electron chi connectivity index (χ4n) is 1.83. The van der Waals surface area contributed by atoms with Crippen molar-refractivity contribution in [1.29, 1.82) is 0 Å². The standard InChI is InChI=1S/C14H17F4NO2/c1-4-8(2)19-12(13(20)21-3)10-6-5-9(15)7-11(10)14(16,17)18/h5-8,12,19H,4H2,1-3H3. The Kier molecular flexibility index (Phi) is 5.71. The molecule has 3 nitrogen and oxygen atoms in total. The summed E-state index contributed by atoms with van der Waals surface area (Å²) in [5, 5.41) is 2.77. The van der Waals surface area contributed by atoms with Gasteiger partial charge in [-0.05, 0) is 31.0 Å². The van der Waals surface area contributed by atoms with Crippen LogP contribution in [0.3, 0.4) is 0 Å². The smallest absolute Gasteiger partial charge is 0.416 e. The Bertz CT molecular complexity index is 502. The Balaban J connectivity index is 3.33. The lowest BCUT2D eigenvalue weighted by molar-refractivity contribution is -0.145. The molecule has 7 heteroatoms. The van der Waals surface area contributed by atoms with Gasteiger partial charge in [-0.15, -0.1) is 0 Å². The number of ether oxygens (including phenoxy) is 1. The summed E-state index contributed by atoms with van der Waals surface area (Å²) in [4.78, 5) is 11.8. The molecular formula is C14H17F4NO2. The van der Waals surface area contributed by atoms with E-state index in [1.807, 2.05) is 6.92 Å². The van der Waals surface area contributed by atoms with E-state index in [1.165, 1.54) is 0 Å². The molecule has 0 saturated heterocycles. The normalized spacial score (nSPS) is 14.6. The number of hydrogen-bond acceptors (Lipinski definition) is 3. The van der Waals surface area contributed by atoms with Crippen LogP contribution in [0.1, 0.15) is 37.4 Å². The van der Waals surface area contributed by atoms with Crippen LogP contribution in [0.5, 0.6) is 0 Å². The predicted molar refractivity (Wildman–Crippen MR) is 69.0 cm³/mol. The number of methoxy groups -OCH3 is 1. The summed E-state index contributed by atoms with van der Waals surface area (Å²) < 4.78 is 56.8. The van der Waals surface area contributed by atoms with E-state index in [0.717, 1.165) is 19.2 Å². The predicted octanol–water partition coefficient (Wildman–Crippen LogP) is 3.45. The van der Waals surface area contributed by atoms with Gasteiger partial charge >= 0.3 is 12.1 Å². The van der Waals surface area contributed by atoms with E-state index in [0.29, 0.717) is 12.5 Å². The van der Waals surface area contributed by atoms with Crippen LogP contribution in [0.15, 0.2) is 18.2 Å². The number of benzene rings is 1. The van der Waals surface area contributed by atoms with Crippen LogP contribution in [-0.2, 0) is 15.7 Å². The molecule has 0 fully saturated rings. The van der Waals surface area contributed by atoms with Crippen molar-refractivity contribution in [2.75, 3.05) is 7.11 Å². The molecule has 0 aliphatic heterocycles. The van der Waals surface area contributed by atoms with Gasteiger partial charge in [0.1, 0.15) is 11.9 Å². The van der Waals surface area contributed by atoms with Crippen LogP contribution in [0.25, 0.3) is 0 Å². The first-order valence-electron chi connectivity index (χ1n) is 6.41. The molecule has 2 atom stereocenters. The summed E-state index contributed by atoms with van der Waals surface area (Å²) in [7, 11) is 1.09. The zero-order valence-electron chi connectivity index (χ0n) is 11.9. The van der Waals surface area contributed by atoms with Crippen LogP contribution in [0.2, 0.25) is 0 Å². The maximum atomic E-state index is 13.1. The Hall–Kier alpha value is -1.63. The third kappa shape index (κ3) is 4.42. The van der Waals surface area contributed by atoms with Gasteiger partial charge in [-0.1, -0.05) is 13.0 Å². The second-order valence-electron chi connectivity index (χ2n) is 4.66. The lowest BCUT2D eigenvalue weighted by Crippen LogP contribution is -2.37. The number of nitrogens with one attached hydrogen (secondary N) is 1. The van der Waals surface area contributed by atoms with Crippen LogP contribution >= 0.6 is 0 Å². The number of rotatable bonds is 5. The molecule has 0 spiro atoms. The highest BCUT2D eigenvalue weighted by atomic mass is 19.4. The Morgan fingerprint density at radius 2 is 2.00 bits per heavy atom. The van der Waals surface area contributed by atoms with Gasteiger partial charge in [0.05, 0.1) is 12.7 Å². The van der Waals surface area contributed by atoms with Gasteiger partial charge in [0, 0.05) is 6.04 Å². The highest BCUT2D eigenvalue weighted by Crippen LogP contribution is 2.35. The first-order valence-corrected chi connectivity index (χ1v) is 6.41.